The monoisotopic (exact) mass is 289 g/mol. The van der Waals surface area contributed by atoms with Crippen LogP contribution in [0, 0.1) is 0 Å². The van der Waals surface area contributed by atoms with E-state index in [-0.39, 0.29) is 5.54 Å². The molecule has 3 atom stereocenters. The predicted octanol–water partition coefficient (Wildman–Crippen LogP) is 3.21. The van der Waals surface area contributed by atoms with Crippen LogP contribution in [0.5, 0.6) is 0 Å². The third-order valence-corrected chi connectivity index (χ3v) is 5.43. The van der Waals surface area contributed by atoms with Crippen LogP contribution in [0.25, 0.3) is 0 Å². The first kappa shape index (κ1) is 16.4. The largest absolute Gasteiger partial charge is 0.312 e. The molecule has 21 heavy (non-hydrogen) atoms. The van der Waals surface area contributed by atoms with Crippen molar-refractivity contribution in [1.29, 1.82) is 0 Å². The van der Waals surface area contributed by atoms with Crippen molar-refractivity contribution in [3.05, 3.63) is 29.6 Å². The van der Waals surface area contributed by atoms with Crippen molar-refractivity contribution in [2.75, 3.05) is 20.6 Å². The van der Waals surface area contributed by atoms with E-state index in [0.717, 1.165) is 13.0 Å². The fraction of sp³-hybridized carbons (Fsp3) is 0.722. The number of aromatic nitrogens is 1. The second-order valence-electron chi connectivity index (χ2n) is 6.73. The third kappa shape index (κ3) is 3.14. The van der Waals surface area contributed by atoms with Gasteiger partial charge in [0.05, 0.1) is 0 Å². The predicted molar refractivity (Wildman–Crippen MR) is 89.8 cm³/mol. The minimum atomic E-state index is 0.152. The maximum absolute atomic E-state index is 4.72. The van der Waals surface area contributed by atoms with Gasteiger partial charge < -0.3 is 10.2 Å². The van der Waals surface area contributed by atoms with Crippen molar-refractivity contribution in [3.8, 4) is 0 Å². The highest BCUT2D eigenvalue weighted by atomic mass is 15.2. The van der Waals surface area contributed by atoms with Gasteiger partial charge in [0.2, 0.25) is 0 Å². The van der Waals surface area contributed by atoms with E-state index in [0.29, 0.717) is 12.0 Å². The molecule has 1 N–H and O–H groups in total. The summed E-state index contributed by atoms with van der Waals surface area (Å²) < 4.78 is 0. The molecule has 3 heteroatoms. The van der Waals surface area contributed by atoms with Gasteiger partial charge in [0.15, 0.2) is 0 Å². The zero-order valence-electron chi connectivity index (χ0n) is 14.3. The summed E-state index contributed by atoms with van der Waals surface area (Å²) in [6, 6.07) is 4.77. The molecular formula is C18H31N3. The zero-order chi connectivity index (χ0) is 15.5. The quantitative estimate of drug-likeness (QED) is 0.835. The number of likely N-dealkylation sites (N-methyl/N-ethyl adjacent to an activating group) is 1. The molecule has 0 saturated heterocycles. The van der Waals surface area contributed by atoms with Gasteiger partial charge in [-0.25, -0.2) is 0 Å². The molecule has 2 rings (SSSR count). The van der Waals surface area contributed by atoms with E-state index in [1.807, 2.05) is 6.20 Å². The highest BCUT2D eigenvalue weighted by Crippen LogP contribution is 2.39. The number of nitrogens with zero attached hydrogens (tertiary/aromatic N) is 2. The summed E-state index contributed by atoms with van der Waals surface area (Å²) in [4.78, 5) is 7.11. The molecule has 3 nitrogen and oxygen atoms in total. The van der Waals surface area contributed by atoms with Gasteiger partial charge in [-0.2, -0.15) is 0 Å². The lowest BCUT2D eigenvalue weighted by atomic mass is 9.78. The van der Waals surface area contributed by atoms with Crippen LogP contribution in [0.4, 0.5) is 0 Å². The van der Waals surface area contributed by atoms with E-state index in [9.17, 15) is 0 Å². The number of aryl methyl sites for hydroxylation is 1. The fourth-order valence-electron chi connectivity index (χ4n) is 3.68. The Morgan fingerprint density at radius 1 is 1.43 bits per heavy atom. The molecule has 118 valence electrons. The topological polar surface area (TPSA) is 28.2 Å². The molecule has 0 amide bonds. The molecule has 0 bridgehead atoms. The van der Waals surface area contributed by atoms with Crippen LogP contribution in [0.2, 0.25) is 0 Å². The normalized spacial score (nSPS) is 22.1. The fourth-order valence-corrected chi connectivity index (χ4v) is 3.68. The molecule has 1 aliphatic carbocycles. The van der Waals surface area contributed by atoms with Gasteiger partial charge in [-0.1, -0.05) is 19.9 Å². The average Bonchev–Trinajstić information content (AvgIpc) is 2.91. The Kier molecular flexibility index (Phi) is 5.39. The summed E-state index contributed by atoms with van der Waals surface area (Å²) in [5.74, 6) is 0.528. The lowest BCUT2D eigenvalue weighted by Gasteiger charge is -2.46. The Balaban J connectivity index is 2.33. The van der Waals surface area contributed by atoms with Crippen molar-refractivity contribution in [2.45, 2.75) is 64.0 Å². The SMILES string of the molecule is CCCNC(C1CCc2cccnc21)C(C)(CC)N(C)C. The van der Waals surface area contributed by atoms with Crippen LogP contribution in [0.1, 0.15) is 57.2 Å². The summed E-state index contributed by atoms with van der Waals surface area (Å²) in [6.07, 6.45) is 6.65. The molecule has 0 aromatic carbocycles. The first-order chi connectivity index (χ1) is 10.0. The average molecular weight is 289 g/mol. The summed E-state index contributed by atoms with van der Waals surface area (Å²) in [7, 11) is 4.41. The molecule has 0 aliphatic heterocycles. The molecule has 1 aromatic heterocycles. The van der Waals surface area contributed by atoms with Crippen molar-refractivity contribution < 1.29 is 0 Å². The Bertz CT molecular complexity index is 458. The molecule has 0 spiro atoms. The van der Waals surface area contributed by atoms with E-state index in [4.69, 9.17) is 4.98 Å². The van der Waals surface area contributed by atoms with Gasteiger partial charge in [-0.3, -0.25) is 4.98 Å². The highest BCUT2D eigenvalue weighted by Gasteiger charge is 2.42. The van der Waals surface area contributed by atoms with Crippen LogP contribution in [-0.4, -0.2) is 42.1 Å². The zero-order valence-corrected chi connectivity index (χ0v) is 14.3. The molecular weight excluding hydrogens is 258 g/mol. The summed E-state index contributed by atoms with van der Waals surface area (Å²) in [5, 5.41) is 3.84. The molecule has 1 aromatic rings. The summed E-state index contributed by atoms with van der Waals surface area (Å²) >= 11 is 0. The van der Waals surface area contributed by atoms with Gasteiger partial charge >= 0.3 is 0 Å². The van der Waals surface area contributed by atoms with Crippen LogP contribution < -0.4 is 5.32 Å². The van der Waals surface area contributed by atoms with Crippen LogP contribution >= 0.6 is 0 Å². The van der Waals surface area contributed by atoms with Crippen LogP contribution in [-0.2, 0) is 6.42 Å². The first-order valence-corrected chi connectivity index (χ1v) is 8.39. The third-order valence-electron chi connectivity index (χ3n) is 5.43. The molecule has 0 radical (unpaired) electrons. The Morgan fingerprint density at radius 3 is 2.81 bits per heavy atom. The maximum atomic E-state index is 4.72. The number of fused-ring (bicyclic) bond motifs is 1. The smallest absolute Gasteiger partial charge is 0.0482 e. The van der Waals surface area contributed by atoms with Gasteiger partial charge in [0.1, 0.15) is 0 Å². The van der Waals surface area contributed by atoms with E-state index >= 15 is 0 Å². The Morgan fingerprint density at radius 2 is 2.19 bits per heavy atom. The van der Waals surface area contributed by atoms with Crippen molar-refractivity contribution in [3.63, 3.8) is 0 Å². The maximum Gasteiger partial charge on any atom is 0.0482 e. The Hall–Kier alpha value is -0.930. The van der Waals surface area contributed by atoms with E-state index < -0.39 is 0 Å². The van der Waals surface area contributed by atoms with E-state index in [1.165, 1.54) is 30.5 Å². The minimum Gasteiger partial charge on any atom is -0.312 e. The van der Waals surface area contributed by atoms with Gasteiger partial charge in [-0.15, -0.1) is 0 Å². The van der Waals surface area contributed by atoms with Gasteiger partial charge in [-0.05, 0) is 64.9 Å². The number of rotatable bonds is 7. The minimum absolute atomic E-state index is 0.152. The van der Waals surface area contributed by atoms with Gasteiger partial charge in [0.25, 0.3) is 0 Å². The second kappa shape index (κ2) is 6.89. The second-order valence-corrected chi connectivity index (χ2v) is 6.73. The molecule has 3 unspecified atom stereocenters. The Labute approximate surface area is 130 Å². The van der Waals surface area contributed by atoms with Crippen molar-refractivity contribution in [1.82, 2.24) is 15.2 Å². The van der Waals surface area contributed by atoms with Crippen molar-refractivity contribution >= 4 is 0 Å². The lowest BCUT2D eigenvalue weighted by Crippen LogP contribution is -2.59. The molecule has 0 fully saturated rings. The number of hydrogen-bond donors (Lipinski definition) is 1. The molecule has 1 heterocycles. The highest BCUT2D eigenvalue weighted by molar-refractivity contribution is 5.31. The summed E-state index contributed by atoms with van der Waals surface area (Å²) in [6.45, 7) is 8.01. The van der Waals surface area contributed by atoms with E-state index in [2.05, 4.69) is 57.2 Å². The standard InChI is InChI=1S/C18H31N3/c1-6-12-20-17(18(3,7-2)21(4)5)15-11-10-14-9-8-13-19-16(14)15/h8-9,13,15,17,20H,6-7,10-12H2,1-5H3. The lowest BCUT2D eigenvalue weighted by molar-refractivity contribution is 0.0970. The number of pyridine rings is 1. The summed E-state index contributed by atoms with van der Waals surface area (Å²) in [5.41, 5.74) is 2.93. The molecule has 0 saturated carbocycles. The van der Waals surface area contributed by atoms with Gasteiger partial charge in [0, 0.05) is 29.4 Å². The van der Waals surface area contributed by atoms with Crippen LogP contribution in [0.15, 0.2) is 18.3 Å². The number of hydrogen-bond acceptors (Lipinski definition) is 3. The van der Waals surface area contributed by atoms with Crippen molar-refractivity contribution in [2.24, 2.45) is 0 Å². The van der Waals surface area contributed by atoms with Crippen LogP contribution in [0.3, 0.4) is 0 Å². The van der Waals surface area contributed by atoms with E-state index in [1.54, 1.807) is 0 Å². The number of nitrogens with one attached hydrogen (secondary N) is 1. The first-order valence-electron chi connectivity index (χ1n) is 8.39. The molecule has 1 aliphatic rings.